The molecule has 1 N–H and O–H groups in total. The van der Waals surface area contributed by atoms with Gasteiger partial charge in [0.2, 0.25) is 0 Å². The lowest BCUT2D eigenvalue weighted by Gasteiger charge is -1.97. The van der Waals surface area contributed by atoms with Gasteiger partial charge in [0.1, 0.15) is 0 Å². The predicted molar refractivity (Wildman–Crippen MR) is 55.8 cm³/mol. The normalized spacial score (nSPS) is 10.8. The Bertz CT molecular complexity index is 378. The van der Waals surface area contributed by atoms with E-state index in [4.69, 9.17) is 0 Å². The smallest absolute Gasteiger partial charge is 0.0456 e. The van der Waals surface area contributed by atoms with Gasteiger partial charge in [0.25, 0.3) is 0 Å². The van der Waals surface area contributed by atoms with Gasteiger partial charge in [0, 0.05) is 17.0 Å². The van der Waals surface area contributed by atoms with Gasteiger partial charge >= 0.3 is 0 Å². The molecule has 12 heavy (non-hydrogen) atoms. The Balaban J connectivity index is 2.46. The highest BCUT2D eigenvalue weighted by molar-refractivity contribution is 9.09. The fraction of sp³-hybridized carbons (Fsp3) is 0.200. The summed E-state index contributed by atoms with van der Waals surface area (Å²) in [5.41, 5.74) is 2.61. The quantitative estimate of drug-likeness (QED) is 0.754. The van der Waals surface area contributed by atoms with Crippen molar-refractivity contribution in [1.29, 1.82) is 0 Å². The maximum absolute atomic E-state index is 3.43. The van der Waals surface area contributed by atoms with Gasteiger partial charge in [-0.25, -0.2) is 0 Å². The third kappa shape index (κ3) is 1.39. The molecule has 2 rings (SSSR count). The lowest BCUT2D eigenvalue weighted by molar-refractivity contribution is 1.17. The second-order valence-electron chi connectivity index (χ2n) is 2.84. The molecular formula is C10H10BrN. The Morgan fingerprint density at radius 3 is 3.00 bits per heavy atom. The molecule has 62 valence electrons. The number of alkyl halides is 1. The molecule has 0 radical (unpaired) electrons. The van der Waals surface area contributed by atoms with Crippen LogP contribution in [0.25, 0.3) is 10.9 Å². The number of fused-ring (bicyclic) bond motifs is 1. The zero-order valence-corrected chi connectivity index (χ0v) is 8.26. The van der Waals surface area contributed by atoms with Crippen LogP contribution in [0.1, 0.15) is 5.56 Å². The third-order valence-electron chi connectivity index (χ3n) is 2.00. The minimum Gasteiger partial charge on any atom is -0.361 e. The van der Waals surface area contributed by atoms with Crippen molar-refractivity contribution in [1.82, 2.24) is 4.98 Å². The summed E-state index contributed by atoms with van der Waals surface area (Å²) in [4.78, 5) is 3.20. The zero-order chi connectivity index (χ0) is 8.39. The van der Waals surface area contributed by atoms with Crippen LogP contribution >= 0.6 is 15.9 Å². The van der Waals surface area contributed by atoms with Crippen LogP contribution in [0.3, 0.4) is 0 Å². The SMILES string of the molecule is BrCCc1ccc2cc[nH]c2c1. The molecule has 1 nitrogen and oxygen atoms in total. The van der Waals surface area contributed by atoms with Gasteiger partial charge in [0.15, 0.2) is 0 Å². The van der Waals surface area contributed by atoms with Gasteiger partial charge in [-0.15, -0.1) is 0 Å². The Morgan fingerprint density at radius 1 is 1.25 bits per heavy atom. The Kier molecular flexibility index (Phi) is 2.17. The highest BCUT2D eigenvalue weighted by Crippen LogP contribution is 2.14. The van der Waals surface area contributed by atoms with Crippen molar-refractivity contribution in [3.8, 4) is 0 Å². The molecule has 1 aromatic carbocycles. The largest absolute Gasteiger partial charge is 0.361 e. The number of hydrogen-bond donors (Lipinski definition) is 1. The van der Waals surface area contributed by atoms with Crippen molar-refractivity contribution in [2.24, 2.45) is 0 Å². The second-order valence-corrected chi connectivity index (χ2v) is 3.63. The van der Waals surface area contributed by atoms with Gasteiger partial charge in [-0.1, -0.05) is 28.1 Å². The number of benzene rings is 1. The fourth-order valence-corrected chi connectivity index (χ4v) is 1.82. The monoisotopic (exact) mass is 223 g/mol. The second kappa shape index (κ2) is 3.31. The van der Waals surface area contributed by atoms with Crippen molar-refractivity contribution in [3.05, 3.63) is 36.0 Å². The molecule has 2 aromatic rings. The van der Waals surface area contributed by atoms with E-state index in [-0.39, 0.29) is 0 Å². The topological polar surface area (TPSA) is 15.8 Å². The number of hydrogen-bond acceptors (Lipinski definition) is 0. The van der Waals surface area contributed by atoms with Crippen LogP contribution < -0.4 is 0 Å². The summed E-state index contributed by atoms with van der Waals surface area (Å²) in [6, 6.07) is 8.63. The van der Waals surface area contributed by atoms with Crippen molar-refractivity contribution >= 4 is 26.8 Å². The molecule has 0 aliphatic heterocycles. The molecule has 2 heteroatoms. The Hall–Kier alpha value is -0.760. The van der Waals surface area contributed by atoms with E-state index in [2.05, 4.69) is 45.2 Å². The number of aryl methyl sites for hydroxylation is 1. The number of rotatable bonds is 2. The summed E-state index contributed by atoms with van der Waals surface area (Å²) in [7, 11) is 0. The summed E-state index contributed by atoms with van der Waals surface area (Å²) < 4.78 is 0. The standard InChI is InChI=1S/C10H10BrN/c11-5-3-8-1-2-9-4-6-12-10(9)7-8/h1-2,4,6-7,12H,3,5H2. The van der Waals surface area contributed by atoms with Crippen molar-refractivity contribution in [2.75, 3.05) is 5.33 Å². The maximum atomic E-state index is 3.43. The van der Waals surface area contributed by atoms with Gasteiger partial charge in [-0.2, -0.15) is 0 Å². The number of halogens is 1. The average molecular weight is 224 g/mol. The van der Waals surface area contributed by atoms with Crippen LogP contribution in [0.4, 0.5) is 0 Å². The van der Waals surface area contributed by atoms with Gasteiger partial charge in [-0.3, -0.25) is 0 Å². The highest BCUT2D eigenvalue weighted by Gasteiger charge is 1.95. The molecular weight excluding hydrogens is 214 g/mol. The van der Waals surface area contributed by atoms with E-state index >= 15 is 0 Å². The zero-order valence-electron chi connectivity index (χ0n) is 6.68. The van der Waals surface area contributed by atoms with E-state index in [0.29, 0.717) is 0 Å². The molecule has 0 aliphatic rings. The van der Waals surface area contributed by atoms with E-state index in [9.17, 15) is 0 Å². The first kappa shape index (κ1) is 7.87. The van der Waals surface area contributed by atoms with Crippen LogP contribution in [0.2, 0.25) is 0 Å². The molecule has 1 aromatic heterocycles. The van der Waals surface area contributed by atoms with Crippen LogP contribution in [0, 0.1) is 0 Å². The van der Waals surface area contributed by atoms with Crippen molar-refractivity contribution < 1.29 is 0 Å². The molecule has 0 amide bonds. The predicted octanol–water partition coefficient (Wildman–Crippen LogP) is 3.11. The molecule has 0 spiro atoms. The maximum Gasteiger partial charge on any atom is 0.0456 e. The molecule has 0 atom stereocenters. The Labute approximate surface area is 79.9 Å². The van der Waals surface area contributed by atoms with Gasteiger partial charge in [-0.05, 0) is 29.5 Å². The summed E-state index contributed by atoms with van der Waals surface area (Å²) >= 11 is 3.43. The Morgan fingerprint density at radius 2 is 2.17 bits per heavy atom. The number of H-pyrrole nitrogens is 1. The summed E-state index contributed by atoms with van der Waals surface area (Å²) in [5, 5.41) is 2.31. The molecule has 0 saturated carbocycles. The van der Waals surface area contributed by atoms with E-state index < -0.39 is 0 Å². The van der Waals surface area contributed by atoms with Crippen molar-refractivity contribution in [2.45, 2.75) is 6.42 Å². The summed E-state index contributed by atoms with van der Waals surface area (Å²) in [6.07, 6.45) is 3.07. The van der Waals surface area contributed by atoms with Crippen LogP contribution in [-0.2, 0) is 6.42 Å². The fourth-order valence-electron chi connectivity index (χ4n) is 1.36. The first-order valence-electron chi connectivity index (χ1n) is 4.02. The molecule has 0 unspecified atom stereocenters. The van der Waals surface area contributed by atoms with Gasteiger partial charge in [0.05, 0.1) is 0 Å². The molecule has 1 heterocycles. The van der Waals surface area contributed by atoms with Crippen LogP contribution in [-0.4, -0.2) is 10.3 Å². The molecule has 0 fully saturated rings. The lowest BCUT2D eigenvalue weighted by Crippen LogP contribution is -1.84. The van der Waals surface area contributed by atoms with E-state index in [1.54, 1.807) is 0 Å². The first-order chi connectivity index (χ1) is 5.90. The van der Waals surface area contributed by atoms with Gasteiger partial charge < -0.3 is 4.98 Å². The highest BCUT2D eigenvalue weighted by atomic mass is 79.9. The minimum absolute atomic E-state index is 1.03. The number of nitrogens with one attached hydrogen (secondary N) is 1. The van der Waals surface area contributed by atoms with E-state index in [1.165, 1.54) is 16.5 Å². The van der Waals surface area contributed by atoms with Crippen molar-refractivity contribution in [3.63, 3.8) is 0 Å². The first-order valence-corrected chi connectivity index (χ1v) is 5.14. The van der Waals surface area contributed by atoms with E-state index in [1.807, 2.05) is 6.20 Å². The molecule has 0 bridgehead atoms. The lowest BCUT2D eigenvalue weighted by atomic mass is 10.1. The average Bonchev–Trinajstić information content (AvgIpc) is 2.51. The molecule has 0 saturated heterocycles. The minimum atomic E-state index is 1.03. The summed E-state index contributed by atoms with van der Waals surface area (Å²) in [6.45, 7) is 0. The van der Waals surface area contributed by atoms with Crippen LogP contribution in [0.15, 0.2) is 30.5 Å². The summed E-state index contributed by atoms with van der Waals surface area (Å²) in [5.74, 6) is 0. The molecule has 0 aliphatic carbocycles. The third-order valence-corrected chi connectivity index (χ3v) is 2.40. The van der Waals surface area contributed by atoms with Crippen LogP contribution in [0.5, 0.6) is 0 Å². The number of aromatic nitrogens is 1. The number of aromatic amines is 1. The van der Waals surface area contributed by atoms with E-state index in [0.717, 1.165) is 11.8 Å².